The summed E-state index contributed by atoms with van der Waals surface area (Å²) in [5.74, 6) is -0.0296. The van der Waals surface area contributed by atoms with Gasteiger partial charge in [-0.25, -0.2) is 0 Å². The number of hydrogen-bond acceptors (Lipinski definition) is 3. The molecule has 0 bridgehead atoms. The molecule has 0 aromatic heterocycles. The zero-order valence-electron chi connectivity index (χ0n) is 9.35. The first kappa shape index (κ1) is 11.1. The van der Waals surface area contributed by atoms with Crippen molar-refractivity contribution in [2.45, 2.75) is 19.1 Å². The molecule has 2 unspecified atom stereocenters. The second-order valence-electron chi connectivity index (χ2n) is 3.95. The van der Waals surface area contributed by atoms with Crippen LogP contribution in [0, 0.1) is 17.2 Å². The Labute approximate surface area is 95.6 Å². The maximum atomic E-state index is 9.06. The van der Waals surface area contributed by atoms with E-state index in [9.17, 15) is 0 Å². The summed E-state index contributed by atoms with van der Waals surface area (Å²) < 4.78 is 10.8. The molecular formula is C13H15NO2. The SMILES string of the molecule is COCc1ccccc1C1OCCC1C#N. The van der Waals surface area contributed by atoms with Crippen LogP contribution in [0.3, 0.4) is 0 Å². The topological polar surface area (TPSA) is 42.2 Å². The normalized spacial score (nSPS) is 24.2. The Morgan fingerprint density at radius 3 is 3.06 bits per heavy atom. The quantitative estimate of drug-likeness (QED) is 0.780. The fraction of sp³-hybridized carbons (Fsp3) is 0.462. The second kappa shape index (κ2) is 5.11. The van der Waals surface area contributed by atoms with E-state index in [-0.39, 0.29) is 12.0 Å². The van der Waals surface area contributed by atoms with Crippen LogP contribution in [-0.4, -0.2) is 13.7 Å². The Kier molecular flexibility index (Phi) is 3.55. The van der Waals surface area contributed by atoms with E-state index >= 15 is 0 Å². The first-order chi connectivity index (χ1) is 7.86. The number of ether oxygens (including phenoxy) is 2. The highest BCUT2D eigenvalue weighted by atomic mass is 16.5. The lowest BCUT2D eigenvalue weighted by molar-refractivity contribution is 0.0972. The van der Waals surface area contributed by atoms with Crippen molar-refractivity contribution in [2.24, 2.45) is 5.92 Å². The Hall–Kier alpha value is -1.37. The molecule has 2 atom stereocenters. The molecule has 1 aromatic carbocycles. The van der Waals surface area contributed by atoms with Gasteiger partial charge in [0.15, 0.2) is 0 Å². The monoisotopic (exact) mass is 217 g/mol. The van der Waals surface area contributed by atoms with Crippen LogP contribution in [0.2, 0.25) is 0 Å². The molecule has 1 heterocycles. The van der Waals surface area contributed by atoms with Gasteiger partial charge in [-0.3, -0.25) is 0 Å². The van der Waals surface area contributed by atoms with Gasteiger partial charge in [0.2, 0.25) is 0 Å². The molecule has 0 radical (unpaired) electrons. The lowest BCUT2D eigenvalue weighted by Gasteiger charge is -2.17. The van der Waals surface area contributed by atoms with Gasteiger partial charge in [0.05, 0.1) is 24.7 Å². The molecule has 1 aliphatic rings. The van der Waals surface area contributed by atoms with Crippen LogP contribution in [-0.2, 0) is 16.1 Å². The van der Waals surface area contributed by atoms with Gasteiger partial charge in [-0.2, -0.15) is 5.26 Å². The Morgan fingerprint density at radius 2 is 2.31 bits per heavy atom. The van der Waals surface area contributed by atoms with Crippen LogP contribution >= 0.6 is 0 Å². The molecule has 3 nitrogen and oxygen atoms in total. The van der Waals surface area contributed by atoms with E-state index in [0.29, 0.717) is 13.2 Å². The summed E-state index contributed by atoms with van der Waals surface area (Å²) >= 11 is 0. The van der Waals surface area contributed by atoms with Crippen molar-refractivity contribution >= 4 is 0 Å². The molecule has 1 aromatic rings. The van der Waals surface area contributed by atoms with Crippen molar-refractivity contribution in [1.29, 1.82) is 5.26 Å². The van der Waals surface area contributed by atoms with Gasteiger partial charge in [-0.15, -0.1) is 0 Å². The predicted octanol–water partition coefficient (Wildman–Crippen LogP) is 2.43. The molecule has 0 aliphatic carbocycles. The minimum absolute atomic E-state index is 0.0296. The third-order valence-electron chi connectivity index (χ3n) is 2.92. The van der Waals surface area contributed by atoms with E-state index in [0.717, 1.165) is 17.5 Å². The van der Waals surface area contributed by atoms with E-state index in [2.05, 4.69) is 6.07 Å². The summed E-state index contributed by atoms with van der Waals surface area (Å²) in [6, 6.07) is 10.3. The summed E-state index contributed by atoms with van der Waals surface area (Å²) in [4.78, 5) is 0. The van der Waals surface area contributed by atoms with E-state index in [1.807, 2.05) is 24.3 Å². The maximum absolute atomic E-state index is 9.06. The predicted molar refractivity (Wildman–Crippen MR) is 59.6 cm³/mol. The summed E-state index contributed by atoms with van der Waals surface area (Å²) in [7, 11) is 1.67. The number of hydrogen-bond donors (Lipinski definition) is 0. The number of nitriles is 1. The molecule has 84 valence electrons. The van der Waals surface area contributed by atoms with Crippen LogP contribution in [0.4, 0.5) is 0 Å². The first-order valence-corrected chi connectivity index (χ1v) is 5.44. The molecule has 0 amide bonds. The largest absolute Gasteiger partial charge is 0.380 e. The van der Waals surface area contributed by atoms with Gasteiger partial charge in [0.1, 0.15) is 0 Å². The molecule has 0 saturated carbocycles. The second-order valence-corrected chi connectivity index (χ2v) is 3.95. The standard InChI is InChI=1S/C13H15NO2/c1-15-9-11-4-2-3-5-12(11)13-10(8-14)6-7-16-13/h2-5,10,13H,6-7,9H2,1H3. The molecule has 1 aliphatic heterocycles. The van der Waals surface area contributed by atoms with Crippen molar-refractivity contribution in [1.82, 2.24) is 0 Å². The van der Waals surface area contributed by atoms with Gasteiger partial charge >= 0.3 is 0 Å². The van der Waals surface area contributed by atoms with Crippen LogP contribution in [0.15, 0.2) is 24.3 Å². The lowest BCUT2D eigenvalue weighted by atomic mass is 9.93. The number of rotatable bonds is 3. The van der Waals surface area contributed by atoms with Gasteiger partial charge in [0.25, 0.3) is 0 Å². The van der Waals surface area contributed by atoms with Crippen LogP contribution in [0.1, 0.15) is 23.7 Å². The number of nitrogens with zero attached hydrogens (tertiary/aromatic N) is 1. The molecular weight excluding hydrogens is 202 g/mol. The molecule has 1 fully saturated rings. The van der Waals surface area contributed by atoms with Crippen molar-refractivity contribution in [3.8, 4) is 6.07 Å². The molecule has 2 rings (SSSR count). The zero-order chi connectivity index (χ0) is 11.4. The fourth-order valence-electron chi connectivity index (χ4n) is 2.13. The van der Waals surface area contributed by atoms with Crippen molar-refractivity contribution < 1.29 is 9.47 Å². The molecule has 1 saturated heterocycles. The highest BCUT2D eigenvalue weighted by Crippen LogP contribution is 2.35. The van der Waals surface area contributed by atoms with Crippen molar-refractivity contribution in [3.05, 3.63) is 35.4 Å². The smallest absolute Gasteiger partial charge is 0.0987 e. The van der Waals surface area contributed by atoms with Crippen LogP contribution in [0.5, 0.6) is 0 Å². The maximum Gasteiger partial charge on any atom is 0.0987 e. The van der Waals surface area contributed by atoms with E-state index in [1.165, 1.54) is 0 Å². The van der Waals surface area contributed by atoms with Crippen LogP contribution < -0.4 is 0 Å². The first-order valence-electron chi connectivity index (χ1n) is 5.44. The minimum atomic E-state index is -0.0867. The van der Waals surface area contributed by atoms with E-state index in [4.69, 9.17) is 14.7 Å². The zero-order valence-corrected chi connectivity index (χ0v) is 9.35. The summed E-state index contributed by atoms with van der Waals surface area (Å²) in [5, 5.41) is 9.06. The highest BCUT2D eigenvalue weighted by molar-refractivity contribution is 5.30. The minimum Gasteiger partial charge on any atom is -0.380 e. The Balaban J connectivity index is 2.29. The van der Waals surface area contributed by atoms with Crippen molar-refractivity contribution in [3.63, 3.8) is 0 Å². The van der Waals surface area contributed by atoms with Crippen molar-refractivity contribution in [2.75, 3.05) is 13.7 Å². The summed E-state index contributed by atoms with van der Waals surface area (Å²) in [5.41, 5.74) is 2.20. The average molecular weight is 217 g/mol. The van der Waals surface area contributed by atoms with Gasteiger partial charge in [-0.05, 0) is 17.5 Å². The molecule has 3 heteroatoms. The molecule has 0 N–H and O–H groups in total. The van der Waals surface area contributed by atoms with E-state index in [1.54, 1.807) is 7.11 Å². The highest BCUT2D eigenvalue weighted by Gasteiger charge is 2.30. The lowest BCUT2D eigenvalue weighted by Crippen LogP contribution is -2.08. The third kappa shape index (κ3) is 2.08. The summed E-state index contributed by atoms with van der Waals surface area (Å²) in [6.45, 7) is 1.23. The van der Waals surface area contributed by atoms with Gasteiger partial charge < -0.3 is 9.47 Å². The average Bonchev–Trinajstić information content (AvgIpc) is 2.78. The summed E-state index contributed by atoms with van der Waals surface area (Å²) in [6.07, 6.45) is 0.735. The Morgan fingerprint density at radius 1 is 1.50 bits per heavy atom. The number of benzene rings is 1. The fourth-order valence-corrected chi connectivity index (χ4v) is 2.13. The van der Waals surface area contributed by atoms with Gasteiger partial charge in [0, 0.05) is 13.7 Å². The number of methoxy groups -OCH3 is 1. The van der Waals surface area contributed by atoms with E-state index < -0.39 is 0 Å². The Bertz CT molecular complexity index is 397. The third-order valence-corrected chi connectivity index (χ3v) is 2.92. The van der Waals surface area contributed by atoms with Gasteiger partial charge in [-0.1, -0.05) is 24.3 Å². The van der Waals surface area contributed by atoms with Crippen LogP contribution in [0.25, 0.3) is 0 Å². The molecule has 0 spiro atoms. The molecule has 16 heavy (non-hydrogen) atoms.